The van der Waals surface area contributed by atoms with Gasteiger partial charge in [-0.3, -0.25) is 9.59 Å². The fourth-order valence-electron chi connectivity index (χ4n) is 1.90. The van der Waals surface area contributed by atoms with Crippen LogP contribution in [0.4, 0.5) is 5.69 Å². The quantitative estimate of drug-likeness (QED) is 0.601. The van der Waals surface area contributed by atoms with E-state index >= 15 is 0 Å². The van der Waals surface area contributed by atoms with E-state index in [2.05, 4.69) is 17.2 Å². The molecule has 0 fully saturated rings. The van der Waals surface area contributed by atoms with Crippen LogP contribution in [0.5, 0.6) is 0 Å². The fraction of sp³-hybridized carbons (Fsp3) is 0.286. The van der Waals surface area contributed by atoms with Gasteiger partial charge in [0.25, 0.3) is 5.91 Å². The largest absolute Gasteiger partial charge is 0.502 e. The maximum atomic E-state index is 11.9. The molecule has 0 saturated heterocycles. The molecule has 0 aliphatic carbocycles. The number of rotatable bonds is 6. The Kier molecular flexibility index (Phi) is 4.18. The van der Waals surface area contributed by atoms with Crippen molar-refractivity contribution in [1.82, 2.24) is 5.32 Å². The molecule has 0 aromatic heterocycles. The first-order valence-corrected chi connectivity index (χ1v) is 6.14. The maximum Gasteiger partial charge on any atom is 0.251 e. The van der Waals surface area contributed by atoms with Crippen LogP contribution in [0.15, 0.2) is 31.0 Å². The number of amides is 2. The number of fused-ring (bicyclic) bond motifs is 1. The van der Waals surface area contributed by atoms with Crippen LogP contribution in [-0.2, 0) is 16.0 Å². The highest BCUT2D eigenvalue weighted by Crippen LogP contribution is 2.23. The minimum absolute atomic E-state index is 0.0332. The van der Waals surface area contributed by atoms with Crippen LogP contribution in [0.3, 0.4) is 0 Å². The van der Waals surface area contributed by atoms with E-state index in [-0.39, 0.29) is 11.8 Å². The zero-order valence-electron chi connectivity index (χ0n) is 10.6. The first-order valence-electron chi connectivity index (χ1n) is 6.14. The second-order valence-corrected chi connectivity index (χ2v) is 4.24. The van der Waals surface area contributed by atoms with Crippen molar-refractivity contribution < 1.29 is 14.3 Å². The third-order valence-electron chi connectivity index (χ3n) is 2.84. The smallest absolute Gasteiger partial charge is 0.251 e. The minimum Gasteiger partial charge on any atom is -0.502 e. The number of benzene rings is 1. The van der Waals surface area contributed by atoms with E-state index in [1.807, 2.05) is 6.07 Å². The molecule has 0 unspecified atom stereocenters. The molecule has 0 atom stereocenters. The van der Waals surface area contributed by atoms with E-state index in [0.717, 1.165) is 17.7 Å². The Hall–Kier alpha value is -2.30. The van der Waals surface area contributed by atoms with E-state index in [0.29, 0.717) is 25.1 Å². The Labute approximate surface area is 111 Å². The van der Waals surface area contributed by atoms with Crippen molar-refractivity contribution in [2.75, 3.05) is 18.5 Å². The predicted octanol–water partition coefficient (Wildman–Crippen LogP) is 1.46. The van der Waals surface area contributed by atoms with Crippen molar-refractivity contribution in [1.29, 1.82) is 0 Å². The molecule has 5 nitrogen and oxygen atoms in total. The summed E-state index contributed by atoms with van der Waals surface area (Å²) in [5.74, 6) is -0.184. The molecule has 0 saturated carbocycles. The van der Waals surface area contributed by atoms with Crippen molar-refractivity contribution in [3.05, 3.63) is 42.2 Å². The second-order valence-electron chi connectivity index (χ2n) is 4.24. The normalized spacial score (nSPS) is 12.5. The molecule has 0 spiro atoms. The van der Waals surface area contributed by atoms with Gasteiger partial charge in [-0.2, -0.15) is 0 Å². The first-order chi connectivity index (χ1) is 9.20. The Morgan fingerprint density at radius 3 is 3.16 bits per heavy atom. The topological polar surface area (TPSA) is 67.4 Å². The van der Waals surface area contributed by atoms with E-state index in [1.54, 1.807) is 12.1 Å². The van der Waals surface area contributed by atoms with E-state index in [9.17, 15) is 9.59 Å². The van der Waals surface area contributed by atoms with Gasteiger partial charge < -0.3 is 15.4 Å². The number of anilines is 1. The van der Waals surface area contributed by atoms with Crippen molar-refractivity contribution in [3.8, 4) is 0 Å². The van der Waals surface area contributed by atoms with Gasteiger partial charge in [0.15, 0.2) is 0 Å². The van der Waals surface area contributed by atoms with Crippen molar-refractivity contribution >= 4 is 17.5 Å². The summed E-state index contributed by atoms with van der Waals surface area (Å²) in [6, 6.07) is 5.24. The molecular formula is C14H16N2O3. The Morgan fingerprint density at radius 1 is 1.53 bits per heavy atom. The standard InChI is InChI=1S/C14H16N2O3/c1-2-19-7-3-6-15-14(18)11-5-4-10-9-13(17)16-12(10)8-11/h2,4-5,8H,1,3,6-7,9H2,(H,15,18)(H,16,17). The lowest BCUT2D eigenvalue weighted by atomic mass is 10.1. The van der Waals surface area contributed by atoms with Gasteiger partial charge in [0, 0.05) is 17.8 Å². The monoisotopic (exact) mass is 260 g/mol. The number of carbonyl (C=O) groups is 2. The summed E-state index contributed by atoms with van der Waals surface area (Å²) in [5.41, 5.74) is 2.21. The van der Waals surface area contributed by atoms with Crippen LogP contribution in [0.1, 0.15) is 22.3 Å². The highest BCUT2D eigenvalue weighted by Gasteiger charge is 2.18. The maximum absolute atomic E-state index is 11.9. The molecule has 0 bridgehead atoms. The molecule has 1 aromatic carbocycles. The third-order valence-corrected chi connectivity index (χ3v) is 2.84. The fourth-order valence-corrected chi connectivity index (χ4v) is 1.90. The SMILES string of the molecule is C=COCCCNC(=O)c1ccc2c(c1)NC(=O)C2. The second kappa shape index (κ2) is 6.04. The Morgan fingerprint density at radius 2 is 2.37 bits per heavy atom. The van der Waals surface area contributed by atoms with Crippen molar-refractivity contribution in [2.24, 2.45) is 0 Å². The summed E-state index contributed by atoms with van der Waals surface area (Å²) in [5, 5.41) is 5.52. The minimum atomic E-state index is -0.150. The summed E-state index contributed by atoms with van der Waals surface area (Å²) >= 11 is 0. The molecule has 2 N–H and O–H groups in total. The molecule has 2 amide bonds. The molecule has 1 aliphatic heterocycles. The predicted molar refractivity (Wildman–Crippen MR) is 71.9 cm³/mol. The first kappa shape index (κ1) is 13.1. The molecular weight excluding hydrogens is 244 g/mol. The van der Waals surface area contributed by atoms with E-state index < -0.39 is 0 Å². The van der Waals surface area contributed by atoms with Gasteiger partial charge in [0.1, 0.15) is 0 Å². The van der Waals surface area contributed by atoms with Crippen LogP contribution in [0, 0.1) is 0 Å². The van der Waals surface area contributed by atoms with Gasteiger partial charge in [-0.15, -0.1) is 0 Å². The molecule has 19 heavy (non-hydrogen) atoms. The molecule has 1 aliphatic rings. The Balaban J connectivity index is 1.88. The number of hydrogen-bond donors (Lipinski definition) is 2. The molecule has 5 heteroatoms. The summed E-state index contributed by atoms with van der Waals surface area (Å²) in [4.78, 5) is 23.1. The van der Waals surface area contributed by atoms with E-state index in [1.165, 1.54) is 6.26 Å². The molecule has 1 heterocycles. The number of hydrogen-bond acceptors (Lipinski definition) is 3. The van der Waals surface area contributed by atoms with Crippen LogP contribution < -0.4 is 10.6 Å². The van der Waals surface area contributed by atoms with Crippen molar-refractivity contribution in [3.63, 3.8) is 0 Å². The van der Waals surface area contributed by atoms with Crippen LogP contribution in [-0.4, -0.2) is 25.0 Å². The highest BCUT2D eigenvalue weighted by molar-refractivity contribution is 6.02. The number of ether oxygens (including phenoxy) is 1. The van der Waals surface area contributed by atoms with Gasteiger partial charge in [-0.1, -0.05) is 12.6 Å². The lowest BCUT2D eigenvalue weighted by molar-refractivity contribution is -0.115. The highest BCUT2D eigenvalue weighted by atomic mass is 16.5. The van der Waals surface area contributed by atoms with Gasteiger partial charge in [0.2, 0.25) is 5.91 Å². The number of nitrogens with one attached hydrogen (secondary N) is 2. The lowest BCUT2D eigenvalue weighted by Gasteiger charge is -2.06. The van der Waals surface area contributed by atoms with Gasteiger partial charge >= 0.3 is 0 Å². The molecule has 1 aromatic rings. The zero-order valence-corrected chi connectivity index (χ0v) is 10.6. The van der Waals surface area contributed by atoms with Crippen LogP contribution in [0.2, 0.25) is 0 Å². The molecule has 100 valence electrons. The third kappa shape index (κ3) is 3.34. The van der Waals surface area contributed by atoms with Crippen molar-refractivity contribution in [2.45, 2.75) is 12.8 Å². The average Bonchev–Trinajstić information content (AvgIpc) is 2.77. The van der Waals surface area contributed by atoms with Crippen LogP contribution in [0.25, 0.3) is 0 Å². The van der Waals surface area contributed by atoms with Gasteiger partial charge in [0.05, 0.1) is 19.3 Å². The molecule has 0 radical (unpaired) electrons. The van der Waals surface area contributed by atoms with Crippen LogP contribution >= 0.6 is 0 Å². The summed E-state index contributed by atoms with van der Waals surface area (Å²) in [6.45, 7) is 4.51. The Bertz CT molecular complexity index is 511. The summed E-state index contributed by atoms with van der Waals surface area (Å²) in [7, 11) is 0. The molecule has 2 rings (SSSR count). The van der Waals surface area contributed by atoms with Gasteiger partial charge in [-0.05, 0) is 24.1 Å². The average molecular weight is 260 g/mol. The van der Waals surface area contributed by atoms with E-state index in [4.69, 9.17) is 4.74 Å². The zero-order chi connectivity index (χ0) is 13.7. The lowest BCUT2D eigenvalue weighted by Crippen LogP contribution is -2.25. The number of carbonyl (C=O) groups excluding carboxylic acids is 2. The summed E-state index contributed by atoms with van der Waals surface area (Å²) < 4.78 is 4.96. The van der Waals surface area contributed by atoms with Gasteiger partial charge in [-0.25, -0.2) is 0 Å². The summed E-state index contributed by atoms with van der Waals surface area (Å²) in [6.07, 6.45) is 2.49.